The van der Waals surface area contributed by atoms with E-state index in [4.69, 9.17) is 18.0 Å². The molecule has 1 aromatic rings. The van der Waals surface area contributed by atoms with Crippen LogP contribution in [-0.2, 0) is 11.3 Å². The Balaban J connectivity index is 2.64. The second kappa shape index (κ2) is 5.67. The number of nitrogens with zero attached hydrogens (tertiary/aromatic N) is 2. The van der Waals surface area contributed by atoms with Crippen molar-refractivity contribution in [3.63, 3.8) is 0 Å². The predicted octanol–water partition coefficient (Wildman–Crippen LogP) is 0.795. The van der Waals surface area contributed by atoms with Gasteiger partial charge in [0.1, 0.15) is 0 Å². The maximum atomic E-state index is 12.0. The van der Waals surface area contributed by atoms with Gasteiger partial charge in [-0.05, 0) is 25.5 Å². The highest BCUT2D eigenvalue weighted by Crippen LogP contribution is 2.21. The molecular formula is C11H16N4OS. The molecule has 0 radical (unpaired) electrons. The van der Waals surface area contributed by atoms with Crippen LogP contribution in [0.2, 0.25) is 0 Å². The van der Waals surface area contributed by atoms with Gasteiger partial charge in [0.05, 0.1) is 22.6 Å². The molecule has 0 aliphatic rings. The summed E-state index contributed by atoms with van der Waals surface area (Å²) in [5.41, 5.74) is 5.48. The largest absolute Gasteiger partial charge is 0.392 e. The van der Waals surface area contributed by atoms with Crippen LogP contribution in [0, 0.1) is 5.41 Å². The van der Waals surface area contributed by atoms with Crippen LogP contribution in [0.1, 0.15) is 26.0 Å². The fraction of sp³-hybridized carbons (Fsp3) is 0.455. The lowest BCUT2D eigenvalue weighted by atomic mass is 9.86. The number of hydrogen-bond acceptors (Lipinski definition) is 4. The topological polar surface area (TPSA) is 80.9 Å². The van der Waals surface area contributed by atoms with Crippen LogP contribution >= 0.6 is 12.2 Å². The molecular weight excluding hydrogens is 236 g/mol. The number of thiocarbonyl (C=S) groups is 1. The van der Waals surface area contributed by atoms with E-state index in [1.54, 1.807) is 25.3 Å². The Hall–Kier alpha value is -1.56. The molecule has 0 aromatic carbocycles. The van der Waals surface area contributed by atoms with Crippen LogP contribution in [0.25, 0.3) is 0 Å². The van der Waals surface area contributed by atoms with E-state index in [0.717, 1.165) is 0 Å². The zero-order valence-electron chi connectivity index (χ0n) is 9.93. The molecule has 92 valence electrons. The summed E-state index contributed by atoms with van der Waals surface area (Å²) in [6, 6.07) is 3.55. The second-order valence-electron chi connectivity index (χ2n) is 3.95. The smallest absolute Gasteiger partial charge is 0.233 e. The summed E-state index contributed by atoms with van der Waals surface area (Å²) in [6.07, 6.45) is 2.14. The van der Waals surface area contributed by atoms with Gasteiger partial charge in [-0.3, -0.25) is 4.79 Å². The van der Waals surface area contributed by atoms with Crippen molar-refractivity contribution < 1.29 is 4.79 Å². The van der Waals surface area contributed by atoms with Crippen molar-refractivity contribution in [3.8, 4) is 0 Å². The highest BCUT2D eigenvalue weighted by molar-refractivity contribution is 7.80. The number of aromatic nitrogens is 2. The van der Waals surface area contributed by atoms with Gasteiger partial charge < -0.3 is 11.1 Å². The lowest BCUT2D eigenvalue weighted by Gasteiger charge is -2.25. The number of carbonyl (C=O) groups excluding carboxylic acids is 1. The fourth-order valence-corrected chi connectivity index (χ4v) is 1.48. The van der Waals surface area contributed by atoms with Gasteiger partial charge in [0.2, 0.25) is 5.91 Å². The molecule has 0 aliphatic heterocycles. The molecule has 17 heavy (non-hydrogen) atoms. The Morgan fingerprint density at radius 3 is 2.82 bits per heavy atom. The molecule has 1 heterocycles. The normalized spacial score (nSPS) is 13.8. The predicted molar refractivity (Wildman–Crippen MR) is 69.1 cm³/mol. The van der Waals surface area contributed by atoms with Crippen molar-refractivity contribution in [2.75, 3.05) is 0 Å². The van der Waals surface area contributed by atoms with Gasteiger partial charge in [-0.15, -0.1) is 0 Å². The lowest BCUT2D eigenvalue weighted by Crippen LogP contribution is -2.46. The van der Waals surface area contributed by atoms with Gasteiger partial charge in [-0.1, -0.05) is 19.1 Å². The first-order valence-electron chi connectivity index (χ1n) is 5.35. The molecule has 0 bridgehead atoms. The van der Waals surface area contributed by atoms with E-state index in [1.807, 2.05) is 6.92 Å². The van der Waals surface area contributed by atoms with Gasteiger partial charge in [-0.25, -0.2) is 0 Å². The van der Waals surface area contributed by atoms with E-state index in [2.05, 4.69) is 15.5 Å². The third kappa shape index (κ3) is 3.20. The summed E-state index contributed by atoms with van der Waals surface area (Å²) < 4.78 is 0. The molecule has 1 aromatic heterocycles. The maximum Gasteiger partial charge on any atom is 0.233 e. The van der Waals surface area contributed by atoms with Crippen molar-refractivity contribution in [1.82, 2.24) is 15.5 Å². The van der Waals surface area contributed by atoms with Crippen molar-refractivity contribution in [2.45, 2.75) is 26.8 Å². The molecule has 0 saturated heterocycles. The van der Waals surface area contributed by atoms with Crippen molar-refractivity contribution in [3.05, 3.63) is 24.0 Å². The standard InChI is InChI=1S/C11H16N4OS/c1-3-11(2,9(12)17)10(16)13-7-8-5-4-6-14-15-8/h4-6H,3,7H2,1-2H3,(H2,12,17)(H,13,16). The molecule has 1 unspecified atom stereocenters. The highest BCUT2D eigenvalue weighted by atomic mass is 32.1. The Labute approximate surface area is 106 Å². The van der Waals surface area contributed by atoms with Gasteiger partial charge in [0, 0.05) is 6.20 Å². The van der Waals surface area contributed by atoms with Gasteiger partial charge >= 0.3 is 0 Å². The molecule has 0 saturated carbocycles. The summed E-state index contributed by atoms with van der Waals surface area (Å²) in [6.45, 7) is 3.94. The number of amides is 1. The Kier molecular flexibility index (Phi) is 4.51. The van der Waals surface area contributed by atoms with Gasteiger partial charge in [0.25, 0.3) is 0 Å². The first-order valence-corrected chi connectivity index (χ1v) is 5.76. The third-order valence-corrected chi connectivity index (χ3v) is 3.26. The van der Waals surface area contributed by atoms with E-state index < -0.39 is 5.41 Å². The number of nitrogens with one attached hydrogen (secondary N) is 1. The lowest BCUT2D eigenvalue weighted by molar-refractivity contribution is -0.127. The number of hydrogen-bond donors (Lipinski definition) is 2. The first kappa shape index (κ1) is 13.5. The fourth-order valence-electron chi connectivity index (χ4n) is 1.24. The quantitative estimate of drug-likeness (QED) is 0.757. The van der Waals surface area contributed by atoms with E-state index in [-0.39, 0.29) is 10.9 Å². The van der Waals surface area contributed by atoms with Gasteiger partial charge in [0.15, 0.2) is 0 Å². The average molecular weight is 252 g/mol. The maximum absolute atomic E-state index is 12.0. The Morgan fingerprint density at radius 2 is 2.35 bits per heavy atom. The molecule has 3 N–H and O–H groups in total. The zero-order valence-corrected chi connectivity index (χ0v) is 10.8. The molecule has 5 nitrogen and oxygen atoms in total. The van der Waals surface area contributed by atoms with Gasteiger partial charge in [-0.2, -0.15) is 10.2 Å². The van der Waals surface area contributed by atoms with E-state index in [9.17, 15) is 4.79 Å². The number of rotatable bonds is 5. The summed E-state index contributed by atoms with van der Waals surface area (Å²) in [5, 5.41) is 10.4. The van der Waals surface area contributed by atoms with E-state index >= 15 is 0 Å². The molecule has 1 atom stereocenters. The molecule has 1 amide bonds. The first-order chi connectivity index (χ1) is 8.00. The van der Waals surface area contributed by atoms with Crippen LogP contribution in [0.5, 0.6) is 0 Å². The van der Waals surface area contributed by atoms with Crippen molar-refractivity contribution in [2.24, 2.45) is 11.1 Å². The SMILES string of the molecule is CCC(C)(C(=O)NCc1cccnn1)C(N)=S. The van der Waals surface area contributed by atoms with E-state index in [1.165, 1.54) is 0 Å². The average Bonchev–Trinajstić information content (AvgIpc) is 2.35. The molecule has 0 fully saturated rings. The Morgan fingerprint density at radius 1 is 1.65 bits per heavy atom. The molecule has 0 aliphatic carbocycles. The monoisotopic (exact) mass is 252 g/mol. The summed E-state index contributed by atoms with van der Waals surface area (Å²) in [4.78, 5) is 12.2. The molecule has 1 rings (SSSR count). The minimum atomic E-state index is -0.808. The van der Waals surface area contributed by atoms with Crippen LogP contribution in [0.15, 0.2) is 18.3 Å². The van der Waals surface area contributed by atoms with Crippen molar-refractivity contribution in [1.29, 1.82) is 0 Å². The summed E-state index contributed by atoms with van der Waals surface area (Å²) in [7, 11) is 0. The number of nitrogens with two attached hydrogens (primary N) is 1. The highest BCUT2D eigenvalue weighted by Gasteiger charge is 2.34. The summed E-state index contributed by atoms with van der Waals surface area (Å²) >= 11 is 4.93. The minimum absolute atomic E-state index is 0.182. The zero-order chi connectivity index (χ0) is 12.9. The van der Waals surface area contributed by atoms with Crippen LogP contribution < -0.4 is 11.1 Å². The minimum Gasteiger partial charge on any atom is -0.392 e. The van der Waals surface area contributed by atoms with Crippen LogP contribution in [0.3, 0.4) is 0 Å². The molecule has 0 spiro atoms. The van der Waals surface area contributed by atoms with Crippen LogP contribution in [-0.4, -0.2) is 21.1 Å². The Bertz CT molecular complexity index is 409. The van der Waals surface area contributed by atoms with Crippen molar-refractivity contribution >= 4 is 23.1 Å². The number of carbonyl (C=O) groups is 1. The van der Waals surface area contributed by atoms with E-state index in [0.29, 0.717) is 18.7 Å². The van der Waals surface area contributed by atoms with Crippen LogP contribution in [0.4, 0.5) is 0 Å². The second-order valence-corrected chi connectivity index (χ2v) is 4.39. The molecule has 6 heteroatoms. The third-order valence-electron chi connectivity index (χ3n) is 2.81. The summed E-state index contributed by atoms with van der Waals surface area (Å²) in [5.74, 6) is -0.182.